The van der Waals surface area contributed by atoms with Crippen molar-refractivity contribution in [1.29, 1.82) is 0 Å². The van der Waals surface area contributed by atoms with E-state index in [0.717, 1.165) is 16.8 Å². The van der Waals surface area contributed by atoms with Gasteiger partial charge in [-0.05, 0) is 5.56 Å². The van der Waals surface area contributed by atoms with Crippen LogP contribution < -0.4 is 0 Å². The van der Waals surface area contributed by atoms with E-state index in [1.54, 1.807) is 16.8 Å². The standard InChI is InChI=1S/C16H14N4O3/c21-11-15-16(13-4-2-1-3-5-13)19(18-17-15)10-12-6-8-14(9-7-12)20(22)23/h1-9,21H,10-11H2. The average molecular weight is 310 g/mol. The zero-order chi connectivity index (χ0) is 16.2. The molecule has 23 heavy (non-hydrogen) atoms. The van der Waals surface area contributed by atoms with E-state index < -0.39 is 4.92 Å². The van der Waals surface area contributed by atoms with Crippen LogP contribution in [0.25, 0.3) is 11.3 Å². The summed E-state index contributed by atoms with van der Waals surface area (Å²) in [5.74, 6) is 0. The minimum Gasteiger partial charge on any atom is -0.390 e. The molecule has 3 rings (SSSR count). The van der Waals surface area contributed by atoms with E-state index in [2.05, 4.69) is 10.3 Å². The van der Waals surface area contributed by atoms with Crippen LogP contribution in [0.15, 0.2) is 54.6 Å². The summed E-state index contributed by atoms with van der Waals surface area (Å²) < 4.78 is 1.68. The van der Waals surface area contributed by atoms with Gasteiger partial charge in [-0.2, -0.15) is 0 Å². The second kappa shape index (κ2) is 6.37. The largest absolute Gasteiger partial charge is 0.390 e. The molecule has 1 N–H and O–H groups in total. The van der Waals surface area contributed by atoms with Crippen LogP contribution in [0.3, 0.4) is 0 Å². The zero-order valence-corrected chi connectivity index (χ0v) is 12.2. The van der Waals surface area contributed by atoms with E-state index in [0.29, 0.717) is 12.2 Å². The van der Waals surface area contributed by atoms with Gasteiger partial charge in [-0.25, -0.2) is 4.68 Å². The summed E-state index contributed by atoms with van der Waals surface area (Å²) in [6.45, 7) is 0.208. The normalized spacial score (nSPS) is 10.7. The van der Waals surface area contributed by atoms with Crippen molar-refractivity contribution in [1.82, 2.24) is 15.0 Å². The molecule has 0 aliphatic rings. The molecule has 0 radical (unpaired) electrons. The third-order valence-corrected chi connectivity index (χ3v) is 3.48. The fourth-order valence-corrected chi connectivity index (χ4v) is 2.37. The summed E-state index contributed by atoms with van der Waals surface area (Å²) >= 11 is 0. The molecule has 3 aromatic rings. The molecule has 7 heteroatoms. The van der Waals surface area contributed by atoms with Crippen LogP contribution in [0.1, 0.15) is 11.3 Å². The smallest absolute Gasteiger partial charge is 0.269 e. The van der Waals surface area contributed by atoms with Gasteiger partial charge >= 0.3 is 0 Å². The molecule has 1 aromatic heterocycles. The molecule has 0 aliphatic carbocycles. The molecule has 1 heterocycles. The molecule has 7 nitrogen and oxygen atoms in total. The summed E-state index contributed by atoms with van der Waals surface area (Å²) in [5, 5.41) is 28.3. The van der Waals surface area contributed by atoms with Gasteiger partial charge in [0.25, 0.3) is 5.69 Å². The summed E-state index contributed by atoms with van der Waals surface area (Å²) in [6.07, 6.45) is 0. The first kappa shape index (κ1) is 14.9. The van der Waals surface area contributed by atoms with E-state index >= 15 is 0 Å². The minimum atomic E-state index is -0.432. The summed E-state index contributed by atoms with van der Waals surface area (Å²) in [5.41, 5.74) is 3.06. The van der Waals surface area contributed by atoms with Crippen LogP contribution in [0.5, 0.6) is 0 Å². The molecular formula is C16H14N4O3. The molecule has 0 unspecified atom stereocenters. The fourth-order valence-electron chi connectivity index (χ4n) is 2.37. The van der Waals surface area contributed by atoms with Crippen LogP contribution in [0.4, 0.5) is 5.69 Å². The number of nitro groups is 1. The van der Waals surface area contributed by atoms with Crippen molar-refractivity contribution in [2.75, 3.05) is 0 Å². The maximum Gasteiger partial charge on any atom is 0.269 e. The van der Waals surface area contributed by atoms with Crippen molar-refractivity contribution in [2.45, 2.75) is 13.2 Å². The Balaban J connectivity index is 1.94. The molecule has 0 bridgehead atoms. The number of hydrogen-bond acceptors (Lipinski definition) is 5. The van der Waals surface area contributed by atoms with Crippen molar-refractivity contribution >= 4 is 5.69 Å². The van der Waals surface area contributed by atoms with Crippen LogP contribution in [0.2, 0.25) is 0 Å². The molecule has 2 aromatic carbocycles. The third-order valence-electron chi connectivity index (χ3n) is 3.48. The SMILES string of the molecule is O=[N+]([O-])c1ccc(Cn2nnc(CO)c2-c2ccccc2)cc1. The molecule has 116 valence electrons. The van der Waals surface area contributed by atoms with Crippen molar-refractivity contribution < 1.29 is 10.0 Å². The lowest BCUT2D eigenvalue weighted by atomic mass is 10.1. The van der Waals surface area contributed by atoms with Crippen molar-refractivity contribution in [3.63, 3.8) is 0 Å². The average Bonchev–Trinajstić information content (AvgIpc) is 2.99. The van der Waals surface area contributed by atoms with Crippen LogP contribution in [-0.4, -0.2) is 25.0 Å². The van der Waals surface area contributed by atoms with Crippen molar-refractivity contribution in [3.05, 3.63) is 76.0 Å². The Morgan fingerprint density at radius 2 is 1.78 bits per heavy atom. The molecule has 0 spiro atoms. The first-order valence-corrected chi connectivity index (χ1v) is 7.01. The highest BCUT2D eigenvalue weighted by molar-refractivity contribution is 5.61. The second-order valence-corrected chi connectivity index (χ2v) is 4.99. The fraction of sp³-hybridized carbons (Fsp3) is 0.125. The molecule has 0 aliphatic heterocycles. The van der Waals surface area contributed by atoms with Crippen molar-refractivity contribution in [3.8, 4) is 11.3 Å². The highest BCUT2D eigenvalue weighted by atomic mass is 16.6. The predicted molar refractivity (Wildman–Crippen MR) is 83.6 cm³/mol. The quantitative estimate of drug-likeness (QED) is 0.577. The number of non-ortho nitro benzene ring substituents is 1. The second-order valence-electron chi connectivity index (χ2n) is 4.99. The Bertz CT molecular complexity index is 813. The Kier molecular flexibility index (Phi) is 4.11. The van der Waals surface area contributed by atoms with Gasteiger partial charge in [0.05, 0.1) is 23.8 Å². The number of aliphatic hydroxyl groups excluding tert-OH is 1. The van der Waals surface area contributed by atoms with E-state index in [-0.39, 0.29) is 12.3 Å². The summed E-state index contributed by atoms with van der Waals surface area (Å²) in [7, 11) is 0. The topological polar surface area (TPSA) is 94.1 Å². The first-order chi connectivity index (χ1) is 11.2. The minimum absolute atomic E-state index is 0.0478. The van der Waals surface area contributed by atoms with Crippen LogP contribution in [0, 0.1) is 10.1 Å². The lowest BCUT2D eigenvalue weighted by Gasteiger charge is -2.08. The maximum absolute atomic E-state index is 10.7. The summed E-state index contributed by atoms with van der Waals surface area (Å²) in [6, 6.07) is 15.9. The van der Waals surface area contributed by atoms with Crippen molar-refractivity contribution in [2.24, 2.45) is 0 Å². The molecule has 0 saturated heterocycles. The Morgan fingerprint density at radius 3 is 2.39 bits per heavy atom. The molecular weight excluding hydrogens is 296 g/mol. The van der Waals surface area contributed by atoms with Crippen LogP contribution in [-0.2, 0) is 13.2 Å². The lowest BCUT2D eigenvalue weighted by Crippen LogP contribution is -2.04. The van der Waals surface area contributed by atoms with Gasteiger partial charge in [-0.15, -0.1) is 5.10 Å². The molecule has 0 atom stereocenters. The third kappa shape index (κ3) is 3.09. The van der Waals surface area contributed by atoms with Gasteiger partial charge in [0.1, 0.15) is 5.69 Å². The number of hydrogen-bond donors (Lipinski definition) is 1. The van der Waals surface area contributed by atoms with E-state index in [1.165, 1.54) is 12.1 Å². The zero-order valence-electron chi connectivity index (χ0n) is 12.2. The van der Waals surface area contributed by atoms with Gasteiger partial charge in [0.2, 0.25) is 0 Å². The maximum atomic E-state index is 10.7. The number of aromatic nitrogens is 3. The van der Waals surface area contributed by atoms with Gasteiger partial charge in [-0.3, -0.25) is 10.1 Å². The molecule has 0 fully saturated rings. The number of aliphatic hydroxyl groups is 1. The Hall–Kier alpha value is -3.06. The van der Waals surface area contributed by atoms with Crippen LogP contribution >= 0.6 is 0 Å². The van der Waals surface area contributed by atoms with E-state index in [1.807, 2.05) is 30.3 Å². The monoisotopic (exact) mass is 310 g/mol. The van der Waals surface area contributed by atoms with Gasteiger partial charge in [0, 0.05) is 17.7 Å². The highest BCUT2D eigenvalue weighted by Gasteiger charge is 2.14. The Labute approximate surface area is 132 Å². The lowest BCUT2D eigenvalue weighted by molar-refractivity contribution is -0.384. The number of benzene rings is 2. The van der Waals surface area contributed by atoms with E-state index in [4.69, 9.17) is 0 Å². The number of nitrogens with zero attached hydrogens (tertiary/aromatic N) is 4. The van der Waals surface area contributed by atoms with Gasteiger partial charge in [0.15, 0.2) is 0 Å². The predicted octanol–water partition coefficient (Wildman–Crippen LogP) is 2.39. The molecule has 0 saturated carbocycles. The summed E-state index contributed by atoms with van der Waals surface area (Å²) in [4.78, 5) is 10.3. The van der Waals surface area contributed by atoms with Gasteiger partial charge < -0.3 is 5.11 Å². The molecule has 0 amide bonds. The highest BCUT2D eigenvalue weighted by Crippen LogP contribution is 2.23. The number of rotatable bonds is 5. The van der Waals surface area contributed by atoms with E-state index in [9.17, 15) is 15.2 Å². The first-order valence-electron chi connectivity index (χ1n) is 7.01. The number of nitro benzene ring substituents is 1. The Morgan fingerprint density at radius 1 is 1.09 bits per heavy atom. The van der Waals surface area contributed by atoms with Gasteiger partial charge in [-0.1, -0.05) is 47.7 Å².